The molecule has 11 nitrogen and oxygen atoms in total. The highest BCUT2D eigenvalue weighted by atomic mass is 35.5. The zero-order chi connectivity index (χ0) is 36.5. The van der Waals surface area contributed by atoms with Crippen LogP contribution in [0.1, 0.15) is 73.3 Å². The third kappa shape index (κ3) is 9.02. The maximum atomic E-state index is 12.9. The Morgan fingerprint density at radius 1 is 1.04 bits per heavy atom. The Kier molecular flexibility index (Phi) is 12.6. The number of phenolic OH excluding ortho intramolecular Hbond substituents is 1. The lowest BCUT2D eigenvalue weighted by atomic mass is 9.69. The molecule has 0 saturated heterocycles. The topological polar surface area (TPSA) is 161 Å². The number of carbonyl (C=O) groups excluding carboxylic acids is 1. The molecule has 1 aliphatic rings. The molecule has 12 heteroatoms. The fraction of sp³-hybridized carbons (Fsp3) is 0.410. The molecule has 0 radical (unpaired) electrons. The molecule has 1 fully saturated rings. The number of aliphatic carboxylic acids is 1. The van der Waals surface area contributed by atoms with E-state index in [4.69, 9.17) is 21.1 Å². The van der Waals surface area contributed by atoms with Crippen LogP contribution in [-0.4, -0.2) is 70.9 Å². The number of aromatic nitrogens is 1. The number of carboxylic acid groups (broad SMARTS) is 1. The van der Waals surface area contributed by atoms with Gasteiger partial charge in [0.15, 0.2) is 6.61 Å². The Balaban J connectivity index is 1.09. The predicted molar refractivity (Wildman–Crippen MR) is 196 cm³/mol. The molecule has 0 aliphatic heterocycles. The summed E-state index contributed by atoms with van der Waals surface area (Å²) in [5.41, 5.74) is 2.39. The van der Waals surface area contributed by atoms with Crippen molar-refractivity contribution < 1.29 is 34.4 Å². The molecule has 0 bridgehead atoms. The van der Waals surface area contributed by atoms with E-state index < -0.39 is 17.5 Å². The number of hydrogen-bond acceptors (Lipinski definition) is 8. The van der Waals surface area contributed by atoms with Gasteiger partial charge in [0, 0.05) is 49.8 Å². The first-order valence-corrected chi connectivity index (χ1v) is 17.7. The Hall–Kier alpha value is -4.58. The van der Waals surface area contributed by atoms with E-state index >= 15 is 0 Å². The molecule has 51 heavy (non-hydrogen) atoms. The highest BCUT2D eigenvalue weighted by Crippen LogP contribution is 2.40. The average molecular weight is 720 g/mol. The predicted octanol–water partition coefficient (Wildman–Crippen LogP) is 5.87. The van der Waals surface area contributed by atoms with Gasteiger partial charge >= 0.3 is 5.97 Å². The van der Waals surface area contributed by atoms with Gasteiger partial charge in [0.1, 0.15) is 17.2 Å². The summed E-state index contributed by atoms with van der Waals surface area (Å²) in [4.78, 5) is 41.1. The average Bonchev–Trinajstić information content (AvgIpc) is 3.13. The Bertz CT molecular complexity index is 1910. The summed E-state index contributed by atoms with van der Waals surface area (Å²) in [5, 5.41) is 35.1. The van der Waals surface area contributed by atoms with Crippen molar-refractivity contribution in [1.82, 2.24) is 15.2 Å². The van der Waals surface area contributed by atoms with E-state index in [1.807, 2.05) is 18.2 Å². The van der Waals surface area contributed by atoms with E-state index in [9.17, 15) is 29.7 Å². The van der Waals surface area contributed by atoms with Crippen molar-refractivity contribution >= 4 is 34.4 Å². The van der Waals surface area contributed by atoms with Crippen LogP contribution in [-0.2, 0) is 28.0 Å². The molecule has 1 unspecified atom stereocenters. The molecule has 1 aliphatic carbocycles. The number of H-pyrrole nitrogens is 1. The maximum Gasteiger partial charge on any atom is 0.314 e. The minimum absolute atomic E-state index is 0.0807. The van der Waals surface area contributed by atoms with Crippen LogP contribution in [0.3, 0.4) is 0 Å². The van der Waals surface area contributed by atoms with Crippen molar-refractivity contribution in [3.05, 3.63) is 98.3 Å². The summed E-state index contributed by atoms with van der Waals surface area (Å²) in [6.45, 7) is 0.816. The van der Waals surface area contributed by atoms with Crippen LogP contribution in [0.15, 0.2) is 65.5 Å². The number of aryl methyl sites for hydroxylation is 1. The number of nitrogens with zero attached hydrogens (tertiary/aromatic N) is 1. The lowest BCUT2D eigenvalue weighted by Crippen LogP contribution is -2.37. The van der Waals surface area contributed by atoms with E-state index in [2.05, 4.69) is 16.4 Å². The number of phenols is 1. The van der Waals surface area contributed by atoms with Gasteiger partial charge in [-0.05, 0) is 67.0 Å². The van der Waals surface area contributed by atoms with Crippen LogP contribution < -0.4 is 20.3 Å². The zero-order valence-corrected chi connectivity index (χ0v) is 29.8. The second-order valence-corrected chi connectivity index (χ2v) is 13.6. The number of fused-ring (bicyclic) bond motifs is 1. The Morgan fingerprint density at radius 2 is 1.82 bits per heavy atom. The zero-order valence-electron chi connectivity index (χ0n) is 29.0. The van der Waals surface area contributed by atoms with Crippen LogP contribution in [0.25, 0.3) is 10.9 Å². The molecule has 1 heterocycles. The smallest absolute Gasteiger partial charge is 0.314 e. The van der Waals surface area contributed by atoms with Crippen LogP contribution >= 0.6 is 11.6 Å². The van der Waals surface area contributed by atoms with Gasteiger partial charge in [-0.25, -0.2) is 0 Å². The summed E-state index contributed by atoms with van der Waals surface area (Å²) in [7, 11) is 3.25. The van der Waals surface area contributed by atoms with Crippen molar-refractivity contribution in [2.75, 3.05) is 33.9 Å². The van der Waals surface area contributed by atoms with Gasteiger partial charge in [-0.3, -0.25) is 14.4 Å². The number of benzene rings is 3. The van der Waals surface area contributed by atoms with E-state index in [-0.39, 0.29) is 35.9 Å². The van der Waals surface area contributed by atoms with Crippen molar-refractivity contribution in [3.63, 3.8) is 0 Å². The van der Waals surface area contributed by atoms with E-state index in [1.165, 1.54) is 19.2 Å². The van der Waals surface area contributed by atoms with Gasteiger partial charge in [0.2, 0.25) is 5.56 Å². The monoisotopic (exact) mass is 719 g/mol. The van der Waals surface area contributed by atoms with Gasteiger partial charge in [-0.15, -0.1) is 0 Å². The number of likely N-dealkylation sites (N-methyl/N-ethyl adjacent to an activating group) is 1. The molecule has 1 saturated carbocycles. The van der Waals surface area contributed by atoms with Crippen molar-refractivity contribution in [2.24, 2.45) is 0 Å². The van der Waals surface area contributed by atoms with Crippen LogP contribution in [0.5, 0.6) is 17.2 Å². The summed E-state index contributed by atoms with van der Waals surface area (Å²) in [6, 6.07) is 17.3. The first-order valence-electron chi connectivity index (χ1n) is 17.3. The number of nitrogens with one attached hydrogen (secondary N) is 2. The fourth-order valence-corrected chi connectivity index (χ4v) is 7.12. The van der Waals surface area contributed by atoms with E-state index in [1.54, 1.807) is 36.2 Å². The van der Waals surface area contributed by atoms with Gasteiger partial charge in [-0.1, -0.05) is 61.2 Å². The normalized spacial score (nSPS) is 14.6. The van der Waals surface area contributed by atoms with Gasteiger partial charge in [0.25, 0.3) is 5.91 Å². The lowest BCUT2D eigenvalue weighted by molar-refractivity contribution is -0.145. The largest absolute Gasteiger partial charge is 0.506 e. The third-order valence-corrected chi connectivity index (χ3v) is 10.1. The second-order valence-electron chi connectivity index (χ2n) is 13.2. The minimum Gasteiger partial charge on any atom is -0.506 e. The molecule has 1 atom stereocenters. The van der Waals surface area contributed by atoms with E-state index in [0.29, 0.717) is 59.0 Å². The number of ether oxygens (including phenoxy) is 2. The molecule has 5 N–H and O–H groups in total. The second kappa shape index (κ2) is 17.1. The first-order chi connectivity index (χ1) is 24.5. The van der Waals surface area contributed by atoms with Gasteiger partial charge in [0.05, 0.1) is 29.2 Å². The summed E-state index contributed by atoms with van der Waals surface area (Å²) in [6.07, 6.45) is 5.81. The fourth-order valence-electron chi connectivity index (χ4n) is 6.88. The molecule has 1 aromatic heterocycles. The first kappa shape index (κ1) is 37.7. The molecule has 3 aromatic carbocycles. The quantitative estimate of drug-likeness (QED) is 0.0893. The highest BCUT2D eigenvalue weighted by molar-refractivity contribution is 6.32. The van der Waals surface area contributed by atoms with Crippen molar-refractivity contribution in [2.45, 2.75) is 69.4 Å². The van der Waals surface area contributed by atoms with E-state index in [0.717, 1.165) is 49.7 Å². The van der Waals surface area contributed by atoms with Crippen molar-refractivity contribution in [3.8, 4) is 17.2 Å². The molecular weight excluding hydrogens is 674 g/mol. The summed E-state index contributed by atoms with van der Waals surface area (Å²) in [5.74, 6) is -0.211. The number of methoxy groups -OCH3 is 1. The number of aromatic hydroxyl groups is 1. The number of pyridine rings is 1. The van der Waals surface area contributed by atoms with Gasteiger partial charge in [-0.2, -0.15) is 0 Å². The van der Waals surface area contributed by atoms with Crippen LogP contribution in [0.4, 0.5) is 0 Å². The van der Waals surface area contributed by atoms with Crippen molar-refractivity contribution in [1.29, 1.82) is 0 Å². The Labute approximate surface area is 302 Å². The number of carbonyl (C=O) groups is 2. The molecule has 0 spiro atoms. The van der Waals surface area contributed by atoms with Crippen LogP contribution in [0.2, 0.25) is 5.02 Å². The number of rotatable bonds is 16. The maximum absolute atomic E-state index is 12.9. The molecule has 1 amide bonds. The number of aromatic amines is 1. The minimum atomic E-state index is -0.935. The summed E-state index contributed by atoms with van der Waals surface area (Å²) >= 11 is 6.53. The number of aliphatic hydroxyl groups is 1. The highest BCUT2D eigenvalue weighted by Gasteiger charge is 2.41. The van der Waals surface area contributed by atoms with Gasteiger partial charge < -0.3 is 40.0 Å². The standard InChI is InChI=1S/C39H46ClN3O8/c1-43(18-7-4-9-25-10-8-11-27(19-25)39(38(48)49)16-5-3-6-17-39)36(47)24-51-34-21-33(50-2)26(20-30(34)40)22-41-23-32(45)28-12-14-31(44)37-29(28)13-15-35(46)42-37/h8,10-15,19-21,32,41,44-45H,3-7,9,16-18,22-24H2,1-2H3,(H,42,46)(H,48,49). The number of amides is 1. The number of carboxylic acids is 1. The number of hydrogen-bond donors (Lipinski definition) is 5. The molecule has 4 aromatic rings. The third-order valence-electron chi connectivity index (χ3n) is 9.84. The Morgan fingerprint density at radius 3 is 2.57 bits per heavy atom. The number of halogens is 1. The lowest BCUT2D eigenvalue weighted by Gasteiger charge is -2.34. The number of unbranched alkanes of at least 4 members (excludes halogenated alkanes) is 1. The summed E-state index contributed by atoms with van der Waals surface area (Å²) < 4.78 is 11.3. The SMILES string of the molecule is COc1cc(OCC(=O)N(C)CCCCc2cccc(C3(C(=O)O)CCCCC3)c2)c(Cl)cc1CNCC(O)c1ccc(O)c2[nH]c(=O)ccc12. The molecular formula is C39H46ClN3O8. The van der Waals surface area contributed by atoms with Crippen LogP contribution in [0, 0.1) is 0 Å². The molecule has 5 rings (SSSR count). The number of aliphatic hydroxyl groups excluding tert-OH is 1. The molecule has 272 valence electrons.